The number of carbonyl (C=O) groups is 3. The minimum absolute atomic E-state index is 0.0318. The summed E-state index contributed by atoms with van der Waals surface area (Å²) >= 11 is 6.39. The summed E-state index contributed by atoms with van der Waals surface area (Å²) in [5, 5.41) is 28.2. The molecule has 2 atom stereocenters. The van der Waals surface area contributed by atoms with Gasteiger partial charge in [-0.1, -0.05) is 103 Å². The van der Waals surface area contributed by atoms with E-state index in [1.165, 1.54) is 9.91 Å². The molecule has 0 aliphatic carbocycles. The van der Waals surface area contributed by atoms with E-state index in [0.29, 0.717) is 41.3 Å². The highest BCUT2D eigenvalue weighted by molar-refractivity contribution is 6.31. The van der Waals surface area contributed by atoms with Crippen molar-refractivity contribution in [1.29, 1.82) is 0 Å². The van der Waals surface area contributed by atoms with Gasteiger partial charge in [0, 0.05) is 48.9 Å². The van der Waals surface area contributed by atoms with Crippen LogP contribution in [0.5, 0.6) is 0 Å². The standard InChI is InChI=1S/C40H39ClN4O5/c1-28(10-8-17-37(47)43(22-23-46)26-29-11-4-2-5-12-29)40(50)34-25-32(41)18-20-36(34)44(39(40)49)27-30-13-9-16-33(24-30)45-38(48)21-19-35(42-45)31-14-6-3-7-15-31/h2-16,18,20,24-25,28,46,50H,17,19,21-23,26-27H2,1H3/b10-8+/t28-,40+/m1/s1. The highest BCUT2D eigenvalue weighted by atomic mass is 35.5. The van der Waals surface area contributed by atoms with Gasteiger partial charge < -0.3 is 20.0 Å². The van der Waals surface area contributed by atoms with Crippen LogP contribution in [-0.2, 0) is 33.1 Å². The molecule has 50 heavy (non-hydrogen) atoms. The van der Waals surface area contributed by atoms with Gasteiger partial charge in [0.15, 0.2) is 5.60 Å². The first-order valence-corrected chi connectivity index (χ1v) is 17.0. The summed E-state index contributed by atoms with van der Waals surface area (Å²) in [6.07, 6.45) is 4.24. The van der Waals surface area contributed by atoms with Crippen molar-refractivity contribution in [2.45, 2.75) is 44.9 Å². The lowest BCUT2D eigenvalue weighted by atomic mass is 9.83. The number of anilines is 2. The molecule has 0 bridgehead atoms. The molecule has 0 spiro atoms. The van der Waals surface area contributed by atoms with Gasteiger partial charge in [-0.05, 0) is 47.0 Å². The molecule has 10 heteroatoms. The minimum atomic E-state index is -1.94. The van der Waals surface area contributed by atoms with Crippen molar-refractivity contribution in [3.05, 3.63) is 143 Å². The van der Waals surface area contributed by atoms with Crippen LogP contribution < -0.4 is 9.91 Å². The Labute approximate surface area is 296 Å². The Morgan fingerprint density at radius 3 is 2.42 bits per heavy atom. The van der Waals surface area contributed by atoms with Gasteiger partial charge >= 0.3 is 0 Å². The average Bonchev–Trinajstić information content (AvgIpc) is 3.34. The summed E-state index contributed by atoms with van der Waals surface area (Å²) < 4.78 is 0. The highest BCUT2D eigenvalue weighted by Crippen LogP contribution is 2.47. The number of benzene rings is 4. The van der Waals surface area contributed by atoms with Crippen LogP contribution >= 0.6 is 11.6 Å². The Bertz CT molecular complexity index is 1930. The first-order chi connectivity index (χ1) is 24.2. The summed E-state index contributed by atoms with van der Waals surface area (Å²) in [6, 6.07) is 31.6. The molecule has 6 rings (SSSR count). The lowest BCUT2D eigenvalue weighted by Gasteiger charge is -2.28. The maximum absolute atomic E-state index is 14.2. The third-order valence-electron chi connectivity index (χ3n) is 9.18. The van der Waals surface area contributed by atoms with Crippen molar-refractivity contribution in [3.8, 4) is 0 Å². The van der Waals surface area contributed by atoms with Gasteiger partial charge in [0.05, 0.1) is 30.2 Å². The highest BCUT2D eigenvalue weighted by Gasteiger charge is 2.52. The number of hydrogen-bond donors (Lipinski definition) is 2. The molecule has 0 radical (unpaired) electrons. The molecule has 0 unspecified atom stereocenters. The van der Waals surface area contributed by atoms with Crippen LogP contribution in [-0.4, -0.2) is 51.7 Å². The number of rotatable bonds is 12. The maximum atomic E-state index is 14.2. The number of carbonyl (C=O) groups excluding carboxylic acids is 3. The lowest BCUT2D eigenvalue weighted by molar-refractivity contribution is -0.139. The quantitative estimate of drug-likeness (QED) is 0.172. The molecule has 3 amide bonds. The van der Waals surface area contributed by atoms with Gasteiger partial charge in [0.2, 0.25) is 11.8 Å². The number of aliphatic hydroxyl groups is 2. The molecule has 2 aliphatic heterocycles. The molecule has 2 N–H and O–H groups in total. The normalized spacial score (nSPS) is 18.0. The molecule has 256 valence electrons. The second-order valence-electron chi connectivity index (χ2n) is 12.6. The van der Waals surface area contributed by atoms with Gasteiger partial charge in [-0.25, -0.2) is 5.01 Å². The van der Waals surface area contributed by atoms with E-state index in [9.17, 15) is 24.6 Å². The number of amides is 3. The molecule has 9 nitrogen and oxygen atoms in total. The Kier molecular flexibility index (Phi) is 10.6. The number of hydrogen-bond acceptors (Lipinski definition) is 6. The first-order valence-electron chi connectivity index (χ1n) is 16.7. The van der Waals surface area contributed by atoms with Crippen molar-refractivity contribution in [2.24, 2.45) is 11.0 Å². The van der Waals surface area contributed by atoms with E-state index in [-0.39, 0.29) is 37.9 Å². The maximum Gasteiger partial charge on any atom is 0.264 e. The van der Waals surface area contributed by atoms with Crippen molar-refractivity contribution >= 4 is 46.4 Å². The van der Waals surface area contributed by atoms with Crippen LogP contribution in [0.25, 0.3) is 0 Å². The molecule has 0 saturated carbocycles. The molecule has 4 aromatic carbocycles. The molecule has 0 aromatic heterocycles. The van der Waals surface area contributed by atoms with Crippen LogP contribution in [0.15, 0.2) is 120 Å². The van der Waals surface area contributed by atoms with Crippen molar-refractivity contribution in [1.82, 2.24) is 4.90 Å². The zero-order valence-electron chi connectivity index (χ0n) is 27.8. The van der Waals surface area contributed by atoms with Crippen LogP contribution in [0.1, 0.15) is 48.4 Å². The fourth-order valence-corrected chi connectivity index (χ4v) is 6.67. The van der Waals surface area contributed by atoms with E-state index in [0.717, 1.165) is 22.4 Å². The summed E-state index contributed by atoms with van der Waals surface area (Å²) in [5.41, 5.74) is 3.02. The second kappa shape index (κ2) is 15.2. The largest absolute Gasteiger partial charge is 0.395 e. The molecule has 0 fully saturated rings. The van der Waals surface area contributed by atoms with E-state index in [4.69, 9.17) is 11.6 Å². The molecule has 2 aliphatic rings. The van der Waals surface area contributed by atoms with Crippen LogP contribution in [0.4, 0.5) is 11.4 Å². The zero-order valence-corrected chi connectivity index (χ0v) is 28.5. The fraction of sp³-hybridized carbons (Fsp3) is 0.250. The van der Waals surface area contributed by atoms with E-state index in [2.05, 4.69) is 5.10 Å². The minimum Gasteiger partial charge on any atom is -0.395 e. The number of aliphatic hydroxyl groups excluding tert-OH is 1. The lowest BCUT2D eigenvalue weighted by Crippen LogP contribution is -2.44. The molecule has 2 heterocycles. The second-order valence-corrected chi connectivity index (χ2v) is 13.0. The van der Waals surface area contributed by atoms with E-state index in [1.807, 2.05) is 84.9 Å². The molecule has 4 aromatic rings. The summed E-state index contributed by atoms with van der Waals surface area (Å²) in [7, 11) is 0. The Hall–Kier alpha value is -5.09. The van der Waals surface area contributed by atoms with Gasteiger partial charge in [-0.3, -0.25) is 14.4 Å². The van der Waals surface area contributed by atoms with Crippen LogP contribution in [0.3, 0.4) is 0 Å². The van der Waals surface area contributed by atoms with Gasteiger partial charge in [0.25, 0.3) is 5.91 Å². The SMILES string of the molecule is C[C@H](/C=C/CC(=O)N(CCO)Cc1ccccc1)[C@@]1(O)C(=O)N(Cc2cccc(N3N=C(c4ccccc4)CCC3=O)c2)c2ccc(Cl)cc21. The van der Waals surface area contributed by atoms with Gasteiger partial charge in [-0.15, -0.1) is 0 Å². The Morgan fingerprint density at radius 2 is 1.68 bits per heavy atom. The predicted octanol–water partition coefficient (Wildman–Crippen LogP) is 6.21. The average molecular weight is 691 g/mol. The summed E-state index contributed by atoms with van der Waals surface area (Å²) in [5.74, 6) is -1.54. The van der Waals surface area contributed by atoms with E-state index in [1.54, 1.807) is 42.2 Å². The predicted molar refractivity (Wildman–Crippen MR) is 195 cm³/mol. The fourth-order valence-electron chi connectivity index (χ4n) is 6.50. The topological polar surface area (TPSA) is 114 Å². The third-order valence-corrected chi connectivity index (χ3v) is 9.42. The van der Waals surface area contributed by atoms with E-state index < -0.39 is 17.4 Å². The molecular formula is C40H39ClN4O5. The number of nitrogens with zero attached hydrogens (tertiary/aromatic N) is 4. The van der Waals surface area contributed by atoms with Crippen LogP contribution in [0, 0.1) is 5.92 Å². The number of fused-ring (bicyclic) bond motifs is 1. The van der Waals surface area contributed by atoms with Crippen molar-refractivity contribution in [3.63, 3.8) is 0 Å². The molecule has 0 saturated heterocycles. The number of hydrazone groups is 1. The van der Waals surface area contributed by atoms with Gasteiger partial charge in [0.1, 0.15) is 0 Å². The summed E-state index contributed by atoms with van der Waals surface area (Å²) in [4.78, 5) is 43.4. The van der Waals surface area contributed by atoms with Crippen LogP contribution in [0.2, 0.25) is 5.02 Å². The first kappa shape index (κ1) is 34.8. The van der Waals surface area contributed by atoms with Gasteiger partial charge in [-0.2, -0.15) is 5.10 Å². The monoisotopic (exact) mass is 690 g/mol. The van der Waals surface area contributed by atoms with Crippen molar-refractivity contribution < 1.29 is 24.6 Å². The van der Waals surface area contributed by atoms with E-state index >= 15 is 0 Å². The summed E-state index contributed by atoms with van der Waals surface area (Å²) in [6.45, 7) is 2.24. The number of halogens is 1. The third kappa shape index (κ3) is 7.26. The smallest absolute Gasteiger partial charge is 0.264 e. The zero-order chi connectivity index (χ0) is 35.3. The Morgan fingerprint density at radius 1 is 0.960 bits per heavy atom. The van der Waals surface area contributed by atoms with Crippen molar-refractivity contribution in [2.75, 3.05) is 23.1 Å². The Balaban J connectivity index is 1.21. The molecular weight excluding hydrogens is 652 g/mol.